The number of hydrogen-bond acceptors (Lipinski definition) is 6. The molecular weight excluding hydrogens is 268 g/mol. The fraction of sp³-hybridized carbons (Fsp3) is 0.667. The Morgan fingerprint density at radius 1 is 1.33 bits per heavy atom. The minimum Gasteiger partial charge on any atom is -0.447 e. The second kappa shape index (κ2) is 5.97. The first-order valence-corrected chi connectivity index (χ1v) is 7.58. The molecule has 1 aliphatic heterocycles. The van der Waals surface area contributed by atoms with Crippen LogP contribution < -0.4 is 0 Å². The molecule has 114 valence electrons. The fourth-order valence-corrected chi connectivity index (χ4v) is 2.78. The van der Waals surface area contributed by atoms with Crippen LogP contribution in [0.5, 0.6) is 0 Å². The Morgan fingerprint density at radius 3 is 2.81 bits per heavy atom. The highest BCUT2D eigenvalue weighted by molar-refractivity contribution is 5.49. The predicted molar refractivity (Wildman–Crippen MR) is 77.8 cm³/mol. The van der Waals surface area contributed by atoms with Gasteiger partial charge >= 0.3 is 0 Å². The van der Waals surface area contributed by atoms with Gasteiger partial charge in [0.25, 0.3) is 5.89 Å². The zero-order valence-electron chi connectivity index (χ0n) is 12.9. The maximum absolute atomic E-state index is 5.41. The van der Waals surface area contributed by atoms with Gasteiger partial charge in [0.15, 0.2) is 17.9 Å². The Morgan fingerprint density at radius 2 is 2.10 bits per heavy atom. The standard InChI is InChI=1S/C15H22N4O2/c1-10(2)14-13(16-9-20-14)15-17-12(18-21-15)8-11-4-6-19(3)7-5-11/h9-11H,4-8H2,1-3H3. The van der Waals surface area contributed by atoms with E-state index in [1.54, 1.807) is 0 Å². The monoisotopic (exact) mass is 290 g/mol. The lowest BCUT2D eigenvalue weighted by Crippen LogP contribution is -2.31. The fourth-order valence-electron chi connectivity index (χ4n) is 2.78. The average Bonchev–Trinajstić information content (AvgIpc) is 3.09. The van der Waals surface area contributed by atoms with E-state index < -0.39 is 0 Å². The van der Waals surface area contributed by atoms with Crippen LogP contribution in [0.2, 0.25) is 0 Å². The molecule has 0 amide bonds. The Kier molecular flexibility index (Phi) is 4.05. The molecule has 1 fully saturated rings. The van der Waals surface area contributed by atoms with Crippen LogP contribution in [0.4, 0.5) is 0 Å². The summed E-state index contributed by atoms with van der Waals surface area (Å²) in [4.78, 5) is 11.1. The second-order valence-electron chi connectivity index (χ2n) is 6.19. The van der Waals surface area contributed by atoms with Crippen LogP contribution in [0.3, 0.4) is 0 Å². The van der Waals surface area contributed by atoms with Crippen molar-refractivity contribution in [1.29, 1.82) is 0 Å². The molecule has 6 nitrogen and oxygen atoms in total. The average molecular weight is 290 g/mol. The molecule has 0 saturated carbocycles. The van der Waals surface area contributed by atoms with Gasteiger partial charge in [0.1, 0.15) is 5.76 Å². The van der Waals surface area contributed by atoms with Gasteiger partial charge in [-0.15, -0.1) is 0 Å². The molecule has 2 aromatic heterocycles. The first kappa shape index (κ1) is 14.3. The third-order valence-corrected chi connectivity index (χ3v) is 4.10. The van der Waals surface area contributed by atoms with Gasteiger partial charge in [0.05, 0.1) is 0 Å². The van der Waals surface area contributed by atoms with Gasteiger partial charge in [-0.2, -0.15) is 4.98 Å². The first-order chi connectivity index (χ1) is 10.1. The summed E-state index contributed by atoms with van der Waals surface area (Å²) in [5.41, 5.74) is 0.673. The SMILES string of the molecule is CC(C)c1ocnc1-c1nc(CC2CCN(C)CC2)no1. The van der Waals surface area contributed by atoms with E-state index in [9.17, 15) is 0 Å². The minimum atomic E-state index is 0.242. The van der Waals surface area contributed by atoms with Gasteiger partial charge in [-0.3, -0.25) is 0 Å². The number of nitrogens with zero attached hydrogens (tertiary/aromatic N) is 4. The van der Waals surface area contributed by atoms with Crippen LogP contribution in [0.1, 0.15) is 44.2 Å². The second-order valence-corrected chi connectivity index (χ2v) is 6.19. The number of oxazole rings is 1. The summed E-state index contributed by atoms with van der Waals surface area (Å²) >= 11 is 0. The van der Waals surface area contributed by atoms with Gasteiger partial charge in [0.2, 0.25) is 0 Å². The molecule has 0 unspecified atom stereocenters. The largest absolute Gasteiger partial charge is 0.447 e. The molecule has 0 aromatic carbocycles. The van der Waals surface area contributed by atoms with Crippen molar-refractivity contribution in [2.75, 3.05) is 20.1 Å². The number of piperidine rings is 1. The van der Waals surface area contributed by atoms with Crippen LogP contribution >= 0.6 is 0 Å². The maximum Gasteiger partial charge on any atom is 0.280 e. The van der Waals surface area contributed by atoms with Gasteiger partial charge in [-0.1, -0.05) is 19.0 Å². The summed E-state index contributed by atoms with van der Waals surface area (Å²) in [5.74, 6) is 2.93. The third-order valence-electron chi connectivity index (χ3n) is 4.10. The van der Waals surface area contributed by atoms with E-state index in [2.05, 4.69) is 40.9 Å². The molecule has 2 aromatic rings. The smallest absolute Gasteiger partial charge is 0.280 e. The van der Waals surface area contributed by atoms with E-state index in [1.807, 2.05) is 0 Å². The highest BCUT2D eigenvalue weighted by atomic mass is 16.5. The topological polar surface area (TPSA) is 68.2 Å². The number of aromatic nitrogens is 3. The van der Waals surface area contributed by atoms with Gasteiger partial charge in [0, 0.05) is 12.3 Å². The summed E-state index contributed by atoms with van der Waals surface area (Å²) in [7, 11) is 2.17. The Labute approximate surface area is 124 Å². The zero-order valence-corrected chi connectivity index (χ0v) is 12.9. The Balaban J connectivity index is 1.70. The van der Waals surface area contributed by atoms with Crippen molar-refractivity contribution in [3.63, 3.8) is 0 Å². The van der Waals surface area contributed by atoms with E-state index in [0.29, 0.717) is 17.5 Å². The molecule has 0 N–H and O–H groups in total. The van der Waals surface area contributed by atoms with E-state index in [4.69, 9.17) is 8.94 Å². The molecule has 0 spiro atoms. The quantitative estimate of drug-likeness (QED) is 0.862. The zero-order chi connectivity index (χ0) is 14.8. The predicted octanol–water partition coefficient (Wildman–Crippen LogP) is 2.73. The van der Waals surface area contributed by atoms with Gasteiger partial charge < -0.3 is 13.8 Å². The van der Waals surface area contributed by atoms with Crippen molar-refractivity contribution >= 4 is 0 Å². The van der Waals surface area contributed by atoms with E-state index in [0.717, 1.165) is 31.1 Å². The van der Waals surface area contributed by atoms with Crippen molar-refractivity contribution in [3.8, 4) is 11.6 Å². The van der Waals surface area contributed by atoms with Crippen LogP contribution in [-0.4, -0.2) is 40.2 Å². The van der Waals surface area contributed by atoms with Crippen molar-refractivity contribution < 1.29 is 8.94 Å². The summed E-state index contributed by atoms with van der Waals surface area (Å²) in [6, 6.07) is 0. The molecule has 0 bridgehead atoms. The van der Waals surface area contributed by atoms with Crippen LogP contribution in [-0.2, 0) is 6.42 Å². The van der Waals surface area contributed by atoms with Crippen molar-refractivity contribution in [1.82, 2.24) is 20.0 Å². The molecule has 0 aliphatic carbocycles. The van der Waals surface area contributed by atoms with E-state index in [1.165, 1.54) is 19.2 Å². The number of rotatable bonds is 4. The van der Waals surface area contributed by atoms with Crippen molar-refractivity contribution in [3.05, 3.63) is 18.0 Å². The summed E-state index contributed by atoms with van der Waals surface area (Å²) in [5, 5.41) is 4.10. The highest BCUT2D eigenvalue weighted by Gasteiger charge is 2.22. The van der Waals surface area contributed by atoms with Gasteiger partial charge in [-0.25, -0.2) is 4.98 Å². The molecule has 3 heterocycles. The minimum absolute atomic E-state index is 0.242. The highest BCUT2D eigenvalue weighted by Crippen LogP contribution is 2.27. The van der Waals surface area contributed by atoms with Crippen molar-refractivity contribution in [2.45, 2.75) is 39.0 Å². The lowest BCUT2D eigenvalue weighted by Gasteiger charge is -2.27. The molecule has 1 saturated heterocycles. The number of hydrogen-bond donors (Lipinski definition) is 0. The lowest BCUT2D eigenvalue weighted by atomic mass is 9.94. The first-order valence-electron chi connectivity index (χ1n) is 7.58. The van der Waals surface area contributed by atoms with E-state index >= 15 is 0 Å². The summed E-state index contributed by atoms with van der Waals surface area (Å²) in [6.07, 6.45) is 4.71. The molecule has 1 aliphatic rings. The maximum atomic E-state index is 5.41. The van der Waals surface area contributed by atoms with Gasteiger partial charge in [-0.05, 0) is 38.9 Å². The summed E-state index contributed by atoms with van der Waals surface area (Å²) < 4.78 is 10.8. The van der Waals surface area contributed by atoms with Crippen molar-refractivity contribution in [2.24, 2.45) is 5.92 Å². The molecular formula is C15H22N4O2. The van der Waals surface area contributed by atoms with E-state index in [-0.39, 0.29) is 5.92 Å². The normalized spacial score (nSPS) is 17.7. The summed E-state index contributed by atoms with van der Waals surface area (Å²) in [6.45, 7) is 6.41. The third kappa shape index (κ3) is 3.15. The van der Waals surface area contributed by atoms with Crippen LogP contribution in [0.15, 0.2) is 15.3 Å². The number of likely N-dealkylation sites (tertiary alicyclic amines) is 1. The lowest BCUT2D eigenvalue weighted by molar-refractivity contribution is 0.216. The molecule has 0 radical (unpaired) electrons. The Bertz CT molecular complexity index is 582. The Hall–Kier alpha value is -1.69. The molecule has 6 heteroatoms. The molecule has 0 atom stereocenters. The van der Waals surface area contributed by atoms with Crippen LogP contribution in [0.25, 0.3) is 11.6 Å². The molecule has 21 heavy (non-hydrogen) atoms. The van der Waals surface area contributed by atoms with Crippen LogP contribution in [0, 0.1) is 5.92 Å². The molecule has 3 rings (SSSR count).